The van der Waals surface area contributed by atoms with E-state index >= 15 is 0 Å². The second-order valence-electron chi connectivity index (χ2n) is 3.58. The Morgan fingerprint density at radius 2 is 2.20 bits per heavy atom. The predicted molar refractivity (Wildman–Crippen MR) is 58.6 cm³/mol. The van der Waals surface area contributed by atoms with Gasteiger partial charge in [0, 0.05) is 17.1 Å². The number of aromatic amines is 1. The van der Waals surface area contributed by atoms with E-state index in [1.54, 1.807) is 0 Å². The summed E-state index contributed by atoms with van der Waals surface area (Å²) in [5.74, 6) is -1.03. The van der Waals surface area contributed by atoms with Crippen molar-refractivity contribution in [1.29, 1.82) is 0 Å². The molecule has 1 aromatic heterocycles. The van der Waals surface area contributed by atoms with E-state index < -0.39 is 5.97 Å². The van der Waals surface area contributed by atoms with Gasteiger partial charge in [-0.25, -0.2) is 0 Å². The molecule has 0 saturated heterocycles. The summed E-state index contributed by atoms with van der Waals surface area (Å²) in [6.07, 6.45) is 1.90. The number of carbonyl (C=O) groups is 1. The van der Waals surface area contributed by atoms with Crippen LogP contribution in [0, 0.1) is 6.92 Å². The number of carboxylic acid groups (broad SMARTS) is 1. The first-order chi connectivity index (χ1) is 7.18. The molecule has 0 saturated carbocycles. The first-order valence-corrected chi connectivity index (χ1v) is 4.79. The molecule has 1 radical (unpaired) electrons. The van der Waals surface area contributed by atoms with Gasteiger partial charge in [0.2, 0.25) is 0 Å². The number of para-hydroxylation sites is 1. The molecule has 77 valence electrons. The maximum absolute atomic E-state index is 10.6. The van der Waals surface area contributed by atoms with Gasteiger partial charge in [0.05, 0.1) is 6.42 Å². The van der Waals surface area contributed by atoms with Crippen LogP contribution in [0.15, 0.2) is 30.5 Å². The fourth-order valence-electron chi connectivity index (χ4n) is 1.75. The van der Waals surface area contributed by atoms with Gasteiger partial charge in [-0.05, 0) is 24.5 Å². The molecule has 2 N–H and O–H groups in total. The number of nitrogens with one attached hydrogen (secondary N) is 1. The molecule has 0 bridgehead atoms. The topological polar surface area (TPSA) is 53.1 Å². The van der Waals surface area contributed by atoms with Gasteiger partial charge in [-0.2, -0.15) is 0 Å². The summed E-state index contributed by atoms with van der Waals surface area (Å²) in [4.78, 5) is 13.7. The summed E-state index contributed by atoms with van der Waals surface area (Å²) in [6, 6.07) is 7.82. The molecule has 0 aliphatic carbocycles. The Morgan fingerprint density at radius 3 is 2.93 bits per heavy atom. The lowest BCUT2D eigenvalue weighted by atomic mass is 9.97. The van der Waals surface area contributed by atoms with E-state index in [1.807, 2.05) is 30.5 Å². The molecule has 1 atom stereocenters. The van der Waals surface area contributed by atoms with Crippen LogP contribution in [0.25, 0.3) is 10.9 Å². The van der Waals surface area contributed by atoms with E-state index in [9.17, 15) is 4.79 Å². The SMILES string of the molecule is [CH2]C(CC(=O)O)c1c[nH]c2ccccc12. The lowest BCUT2D eigenvalue weighted by Gasteiger charge is -2.06. The Labute approximate surface area is 87.7 Å². The minimum absolute atomic E-state index is 0.0574. The molecule has 3 nitrogen and oxygen atoms in total. The van der Waals surface area contributed by atoms with Gasteiger partial charge in [-0.1, -0.05) is 18.2 Å². The molecule has 2 rings (SSSR count). The Hall–Kier alpha value is -1.77. The van der Waals surface area contributed by atoms with Crippen molar-refractivity contribution >= 4 is 16.9 Å². The molecule has 0 aliphatic heterocycles. The zero-order valence-corrected chi connectivity index (χ0v) is 8.23. The Balaban J connectivity index is 2.39. The number of carboxylic acids is 1. The highest BCUT2D eigenvalue weighted by Gasteiger charge is 2.13. The van der Waals surface area contributed by atoms with Gasteiger partial charge in [-0.3, -0.25) is 4.79 Å². The average Bonchev–Trinajstić information content (AvgIpc) is 2.59. The number of aromatic nitrogens is 1. The summed E-state index contributed by atoms with van der Waals surface area (Å²) in [5, 5.41) is 9.76. The van der Waals surface area contributed by atoms with Crippen LogP contribution < -0.4 is 0 Å². The van der Waals surface area contributed by atoms with Crippen LogP contribution >= 0.6 is 0 Å². The minimum atomic E-state index is -0.819. The maximum Gasteiger partial charge on any atom is 0.303 e. The lowest BCUT2D eigenvalue weighted by Crippen LogP contribution is -2.02. The predicted octanol–water partition coefficient (Wildman–Crippen LogP) is 2.56. The molecule has 1 unspecified atom stereocenters. The average molecular weight is 202 g/mol. The summed E-state index contributed by atoms with van der Waals surface area (Å²) in [6.45, 7) is 3.87. The van der Waals surface area contributed by atoms with E-state index in [0.29, 0.717) is 0 Å². The minimum Gasteiger partial charge on any atom is -0.481 e. The fourth-order valence-corrected chi connectivity index (χ4v) is 1.75. The second kappa shape index (κ2) is 3.77. The molecule has 0 amide bonds. The number of rotatable bonds is 3. The van der Waals surface area contributed by atoms with Crippen LogP contribution in [0.3, 0.4) is 0 Å². The molecular weight excluding hydrogens is 190 g/mol. The van der Waals surface area contributed by atoms with E-state index in [2.05, 4.69) is 11.9 Å². The first kappa shape index (κ1) is 9.77. The van der Waals surface area contributed by atoms with Crippen molar-refractivity contribution in [3.05, 3.63) is 42.9 Å². The van der Waals surface area contributed by atoms with Gasteiger partial charge in [0.1, 0.15) is 0 Å². The molecule has 0 aliphatic rings. The number of H-pyrrole nitrogens is 1. The smallest absolute Gasteiger partial charge is 0.303 e. The standard InChI is InChI=1S/C12H12NO2/c1-8(6-12(14)15)10-7-13-11-5-3-2-4-9(10)11/h2-5,7-8,13H,1,6H2,(H,14,15). The fraction of sp³-hybridized carbons (Fsp3) is 0.167. The molecule has 15 heavy (non-hydrogen) atoms. The molecule has 1 heterocycles. The summed E-state index contributed by atoms with van der Waals surface area (Å²) >= 11 is 0. The van der Waals surface area contributed by atoms with Crippen LogP contribution in [0.4, 0.5) is 0 Å². The molecule has 3 heteroatoms. The summed E-state index contributed by atoms with van der Waals surface area (Å²) in [7, 11) is 0. The zero-order chi connectivity index (χ0) is 10.8. The Bertz CT molecular complexity index is 487. The van der Waals surface area contributed by atoms with Gasteiger partial charge < -0.3 is 10.1 Å². The van der Waals surface area contributed by atoms with Crippen molar-refractivity contribution in [2.45, 2.75) is 12.3 Å². The van der Waals surface area contributed by atoms with Crippen LogP contribution in [0.5, 0.6) is 0 Å². The van der Waals surface area contributed by atoms with Crippen LogP contribution in [-0.2, 0) is 4.79 Å². The number of aliphatic carboxylic acids is 1. The molecule has 0 spiro atoms. The Morgan fingerprint density at radius 1 is 1.47 bits per heavy atom. The number of fused-ring (bicyclic) bond motifs is 1. The highest BCUT2D eigenvalue weighted by atomic mass is 16.4. The molecular formula is C12H12NO2. The quantitative estimate of drug-likeness (QED) is 0.803. The van der Waals surface area contributed by atoms with Crippen LogP contribution in [0.2, 0.25) is 0 Å². The summed E-state index contributed by atoms with van der Waals surface area (Å²) in [5.41, 5.74) is 1.99. The van der Waals surface area contributed by atoms with E-state index in [4.69, 9.17) is 5.11 Å². The van der Waals surface area contributed by atoms with Crippen LogP contribution in [0.1, 0.15) is 17.9 Å². The van der Waals surface area contributed by atoms with Crippen molar-refractivity contribution in [3.63, 3.8) is 0 Å². The number of hydrogen-bond donors (Lipinski definition) is 2. The second-order valence-corrected chi connectivity index (χ2v) is 3.58. The maximum atomic E-state index is 10.6. The molecule has 2 aromatic rings. The van der Waals surface area contributed by atoms with Crippen molar-refractivity contribution < 1.29 is 9.90 Å². The third-order valence-electron chi connectivity index (χ3n) is 2.48. The van der Waals surface area contributed by atoms with Crippen LogP contribution in [-0.4, -0.2) is 16.1 Å². The number of benzene rings is 1. The van der Waals surface area contributed by atoms with Gasteiger partial charge in [0.15, 0.2) is 0 Å². The monoisotopic (exact) mass is 202 g/mol. The van der Waals surface area contributed by atoms with E-state index in [-0.39, 0.29) is 12.3 Å². The highest BCUT2D eigenvalue weighted by molar-refractivity contribution is 5.84. The number of hydrogen-bond acceptors (Lipinski definition) is 1. The third kappa shape index (κ3) is 1.86. The van der Waals surface area contributed by atoms with Crippen molar-refractivity contribution in [3.8, 4) is 0 Å². The van der Waals surface area contributed by atoms with Gasteiger partial charge in [0.25, 0.3) is 0 Å². The van der Waals surface area contributed by atoms with E-state index in [1.165, 1.54) is 0 Å². The highest BCUT2D eigenvalue weighted by Crippen LogP contribution is 2.26. The van der Waals surface area contributed by atoms with E-state index in [0.717, 1.165) is 16.5 Å². The van der Waals surface area contributed by atoms with Gasteiger partial charge in [-0.15, -0.1) is 0 Å². The largest absolute Gasteiger partial charge is 0.481 e. The zero-order valence-electron chi connectivity index (χ0n) is 8.23. The lowest BCUT2D eigenvalue weighted by molar-refractivity contribution is -0.137. The van der Waals surface area contributed by atoms with Gasteiger partial charge >= 0.3 is 5.97 Å². The summed E-state index contributed by atoms with van der Waals surface area (Å²) < 4.78 is 0. The van der Waals surface area contributed by atoms with Crippen molar-refractivity contribution in [2.24, 2.45) is 0 Å². The van der Waals surface area contributed by atoms with Crippen molar-refractivity contribution in [1.82, 2.24) is 4.98 Å². The Kier molecular flexibility index (Phi) is 2.46. The van der Waals surface area contributed by atoms with Crippen molar-refractivity contribution in [2.75, 3.05) is 0 Å². The molecule has 1 aromatic carbocycles. The first-order valence-electron chi connectivity index (χ1n) is 4.79. The molecule has 0 fully saturated rings. The third-order valence-corrected chi connectivity index (χ3v) is 2.48. The normalized spacial score (nSPS) is 12.9.